The van der Waals surface area contributed by atoms with E-state index in [4.69, 9.17) is 4.74 Å². The lowest BCUT2D eigenvalue weighted by Crippen LogP contribution is -2.49. The standard InChI is InChI=1S/C28H54N3O3.C2H6O4S/c1-7-31(8-2,9-3)20-21-34-23-28(5,6)22-25(30-18-12-10-11-14-27(30)33)17-16-24(4)29-19-13-15-26(29)32;1-2-6-7(3,4)5/h24-25H,7-23H2,1-6H3;2H2,1H3,(H,3,4,5)/q+1;/p-1. The molecule has 0 bridgehead atoms. The quantitative estimate of drug-likeness (QED) is 0.105. The summed E-state index contributed by atoms with van der Waals surface area (Å²) in [5.41, 5.74) is 0.00422. The number of ether oxygens (including phenoxy) is 1. The van der Waals surface area contributed by atoms with Crippen molar-refractivity contribution in [3.05, 3.63) is 0 Å². The lowest BCUT2D eigenvalue weighted by atomic mass is 9.84. The fraction of sp³-hybridized carbons (Fsp3) is 0.933. The van der Waals surface area contributed by atoms with Gasteiger partial charge in [-0.1, -0.05) is 20.3 Å². The van der Waals surface area contributed by atoms with E-state index in [2.05, 4.69) is 55.5 Å². The molecular formula is C30H59N3O7S. The van der Waals surface area contributed by atoms with Crippen LogP contribution in [0.3, 0.4) is 0 Å². The smallest absolute Gasteiger partial charge is 0.222 e. The van der Waals surface area contributed by atoms with Crippen molar-refractivity contribution in [3.8, 4) is 0 Å². The van der Waals surface area contributed by atoms with Crippen molar-refractivity contribution < 1.29 is 36.0 Å². The number of amides is 2. The minimum atomic E-state index is -4.42. The van der Waals surface area contributed by atoms with Gasteiger partial charge in [-0.2, -0.15) is 0 Å². The molecule has 2 aliphatic rings. The Kier molecular flexibility index (Phi) is 16.9. The van der Waals surface area contributed by atoms with E-state index >= 15 is 0 Å². The van der Waals surface area contributed by atoms with Crippen LogP contribution in [0.2, 0.25) is 0 Å². The Bertz CT molecular complexity index is 869. The highest BCUT2D eigenvalue weighted by Crippen LogP contribution is 2.30. The van der Waals surface area contributed by atoms with E-state index in [0.29, 0.717) is 24.7 Å². The van der Waals surface area contributed by atoms with Gasteiger partial charge in [0.1, 0.15) is 6.54 Å². The Balaban J connectivity index is 0.00000106. The summed E-state index contributed by atoms with van der Waals surface area (Å²) in [6.07, 6.45) is 8.48. The van der Waals surface area contributed by atoms with E-state index in [1.165, 1.54) is 6.92 Å². The van der Waals surface area contributed by atoms with Gasteiger partial charge >= 0.3 is 0 Å². The van der Waals surface area contributed by atoms with Gasteiger partial charge in [-0.3, -0.25) is 13.8 Å². The van der Waals surface area contributed by atoms with Gasteiger partial charge in [-0.25, -0.2) is 8.42 Å². The molecule has 0 N–H and O–H groups in total. The van der Waals surface area contributed by atoms with Crippen molar-refractivity contribution in [2.24, 2.45) is 5.41 Å². The van der Waals surface area contributed by atoms with E-state index in [1.54, 1.807) is 0 Å². The largest absolute Gasteiger partial charge is 0.726 e. The Hall–Kier alpha value is -1.27. The first-order valence-corrected chi connectivity index (χ1v) is 17.2. The van der Waals surface area contributed by atoms with Crippen molar-refractivity contribution in [2.45, 2.75) is 118 Å². The predicted molar refractivity (Wildman–Crippen MR) is 161 cm³/mol. The second-order valence-corrected chi connectivity index (χ2v) is 13.5. The van der Waals surface area contributed by atoms with Crippen molar-refractivity contribution in [3.63, 3.8) is 0 Å². The molecular weight excluding hydrogens is 546 g/mol. The Labute approximate surface area is 250 Å². The molecule has 2 atom stereocenters. The van der Waals surface area contributed by atoms with Crippen LogP contribution in [0.5, 0.6) is 0 Å². The van der Waals surface area contributed by atoms with E-state index in [1.807, 2.05) is 0 Å². The molecule has 2 fully saturated rings. The zero-order valence-corrected chi connectivity index (χ0v) is 27.8. The average molecular weight is 606 g/mol. The zero-order valence-electron chi connectivity index (χ0n) is 27.0. The minimum absolute atomic E-state index is 0.00422. The van der Waals surface area contributed by atoms with Crippen LogP contribution in [-0.2, 0) is 28.9 Å². The van der Waals surface area contributed by atoms with Gasteiger partial charge in [0.05, 0.1) is 39.5 Å². The maximum absolute atomic E-state index is 13.0. The third-order valence-corrected chi connectivity index (χ3v) is 9.40. The summed E-state index contributed by atoms with van der Waals surface area (Å²) in [5.74, 6) is 0.615. The van der Waals surface area contributed by atoms with Crippen LogP contribution in [0.4, 0.5) is 0 Å². The summed E-state index contributed by atoms with van der Waals surface area (Å²) in [5, 5.41) is 0. The topological polar surface area (TPSA) is 116 Å². The highest BCUT2D eigenvalue weighted by molar-refractivity contribution is 7.80. The normalized spacial score (nSPS) is 18.6. The molecule has 2 aliphatic heterocycles. The molecule has 0 spiro atoms. The molecule has 0 radical (unpaired) electrons. The number of nitrogens with zero attached hydrogens (tertiary/aromatic N) is 3. The van der Waals surface area contributed by atoms with E-state index in [9.17, 15) is 22.6 Å². The van der Waals surface area contributed by atoms with Crippen LogP contribution < -0.4 is 0 Å². The monoisotopic (exact) mass is 605 g/mol. The van der Waals surface area contributed by atoms with Crippen LogP contribution >= 0.6 is 0 Å². The molecule has 0 aromatic heterocycles. The summed E-state index contributed by atoms with van der Waals surface area (Å²) in [6, 6.07) is 0.475. The predicted octanol–water partition coefficient (Wildman–Crippen LogP) is 4.34. The molecule has 2 saturated heterocycles. The molecule has 2 rings (SSSR count). The third kappa shape index (κ3) is 14.2. The maximum Gasteiger partial charge on any atom is 0.222 e. The Morgan fingerprint density at radius 3 is 2.00 bits per heavy atom. The fourth-order valence-electron chi connectivity index (χ4n) is 6.08. The highest BCUT2D eigenvalue weighted by atomic mass is 32.3. The van der Waals surface area contributed by atoms with Gasteiger partial charge < -0.3 is 23.6 Å². The van der Waals surface area contributed by atoms with Gasteiger partial charge in [-0.15, -0.1) is 0 Å². The Morgan fingerprint density at radius 2 is 1.49 bits per heavy atom. The van der Waals surface area contributed by atoms with Gasteiger partial charge in [0, 0.05) is 38.0 Å². The molecule has 2 heterocycles. The summed E-state index contributed by atoms with van der Waals surface area (Å²) in [4.78, 5) is 29.4. The first-order chi connectivity index (χ1) is 19.2. The van der Waals surface area contributed by atoms with Gasteiger partial charge in [0.25, 0.3) is 0 Å². The molecule has 2 amide bonds. The fourth-order valence-corrected chi connectivity index (χ4v) is 6.36. The van der Waals surface area contributed by atoms with Crippen LogP contribution in [-0.4, -0.2) is 110 Å². The van der Waals surface area contributed by atoms with Crippen molar-refractivity contribution in [1.82, 2.24) is 9.80 Å². The number of likely N-dealkylation sites (N-methyl/N-ethyl adjacent to an activating group) is 1. The lowest BCUT2D eigenvalue weighted by Gasteiger charge is -2.38. The molecule has 0 saturated carbocycles. The second-order valence-electron chi connectivity index (χ2n) is 12.4. The first-order valence-electron chi connectivity index (χ1n) is 15.8. The lowest BCUT2D eigenvalue weighted by molar-refractivity contribution is -0.923. The van der Waals surface area contributed by atoms with E-state index in [-0.39, 0.29) is 24.1 Å². The maximum atomic E-state index is 13.0. The second kappa shape index (κ2) is 18.4. The number of hydrogen-bond donors (Lipinski definition) is 0. The summed E-state index contributed by atoms with van der Waals surface area (Å²) >= 11 is 0. The SMILES string of the molecule is CCOS(=O)(=O)[O-].CC[N+](CC)(CC)CCOCC(C)(C)CC(CCC(C)N1CCCC1=O)N1CCCCCC1=O. The van der Waals surface area contributed by atoms with Crippen LogP contribution in [0.1, 0.15) is 106 Å². The number of hydrogen-bond acceptors (Lipinski definition) is 7. The molecule has 0 aromatic carbocycles. The van der Waals surface area contributed by atoms with E-state index < -0.39 is 10.4 Å². The van der Waals surface area contributed by atoms with Crippen molar-refractivity contribution in [1.29, 1.82) is 0 Å². The number of carbonyl (C=O) groups excluding carboxylic acids is 2. The number of rotatable bonds is 17. The van der Waals surface area contributed by atoms with Gasteiger partial charge in [0.2, 0.25) is 22.2 Å². The first kappa shape index (κ1) is 37.8. The molecule has 0 aliphatic carbocycles. The van der Waals surface area contributed by atoms with Crippen molar-refractivity contribution in [2.75, 3.05) is 59.1 Å². The summed E-state index contributed by atoms with van der Waals surface area (Å²) in [7, 11) is -4.42. The van der Waals surface area contributed by atoms with Gasteiger partial charge in [-0.05, 0) is 78.6 Å². The number of quaternary nitrogens is 1. The zero-order chi connectivity index (χ0) is 31.1. The van der Waals surface area contributed by atoms with Crippen LogP contribution in [0.15, 0.2) is 0 Å². The average Bonchev–Trinajstić information content (AvgIpc) is 3.22. The molecule has 41 heavy (non-hydrogen) atoms. The summed E-state index contributed by atoms with van der Waals surface area (Å²) in [6.45, 7) is 22.7. The molecule has 242 valence electrons. The third-order valence-electron chi connectivity index (χ3n) is 8.88. The van der Waals surface area contributed by atoms with Crippen molar-refractivity contribution >= 4 is 22.2 Å². The highest BCUT2D eigenvalue weighted by Gasteiger charge is 2.33. The number of carbonyl (C=O) groups is 2. The summed E-state index contributed by atoms with van der Waals surface area (Å²) < 4.78 is 39.4. The minimum Gasteiger partial charge on any atom is -0.726 e. The molecule has 11 heteroatoms. The number of likely N-dealkylation sites (tertiary alicyclic amines) is 2. The molecule has 2 unspecified atom stereocenters. The van der Waals surface area contributed by atoms with Crippen LogP contribution in [0, 0.1) is 5.41 Å². The van der Waals surface area contributed by atoms with Gasteiger partial charge in [0.15, 0.2) is 0 Å². The molecule has 10 nitrogen and oxygen atoms in total. The van der Waals surface area contributed by atoms with E-state index in [0.717, 1.165) is 102 Å². The molecule has 0 aromatic rings. The Morgan fingerprint density at radius 1 is 0.902 bits per heavy atom. The van der Waals surface area contributed by atoms with Crippen LogP contribution in [0.25, 0.3) is 0 Å².